The minimum atomic E-state index is -0.277. The van der Waals surface area contributed by atoms with E-state index in [1.54, 1.807) is 23.5 Å². The van der Waals surface area contributed by atoms with E-state index in [2.05, 4.69) is 37.9 Å². The summed E-state index contributed by atoms with van der Waals surface area (Å²) in [4.78, 5) is 6.93. The average Bonchev–Trinajstić information content (AvgIpc) is 3.50. The highest BCUT2D eigenvalue weighted by Gasteiger charge is 2.26. The molecule has 0 radical (unpaired) electrons. The lowest BCUT2D eigenvalue weighted by atomic mass is 9.98. The molecule has 1 unspecified atom stereocenters. The SMILES string of the molecule is Fc1ccc(-c2noc(C3CCCN(Cn4ccc(-c5ccsc5)n4)C3)n2)cc1. The standard InChI is InChI=1S/C21H20FN5OS/c22-18-5-3-15(4-6-18)20-23-21(28-25-20)16-2-1-9-26(12-16)14-27-10-7-19(24-27)17-8-11-29-13-17/h3-8,10-11,13,16H,1-2,9,12,14H2. The first-order chi connectivity index (χ1) is 14.2. The number of nitrogens with zero attached hydrogens (tertiary/aromatic N) is 5. The highest BCUT2D eigenvalue weighted by atomic mass is 32.1. The second-order valence-corrected chi connectivity index (χ2v) is 8.05. The van der Waals surface area contributed by atoms with Crippen LogP contribution in [0.2, 0.25) is 0 Å². The van der Waals surface area contributed by atoms with Crippen LogP contribution in [-0.2, 0) is 6.67 Å². The van der Waals surface area contributed by atoms with Gasteiger partial charge < -0.3 is 4.52 Å². The van der Waals surface area contributed by atoms with E-state index in [1.165, 1.54) is 12.1 Å². The summed E-state index contributed by atoms with van der Waals surface area (Å²) in [6.07, 6.45) is 4.11. The van der Waals surface area contributed by atoms with Crippen LogP contribution in [0.5, 0.6) is 0 Å². The number of aromatic nitrogens is 4. The topological polar surface area (TPSA) is 60.0 Å². The first-order valence-electron chi connectivity index (χ1n) is 9.62. The average molecular weight is 409 g/mol. The summed E-state index contributed by atoms with van der Waals surface area (Å²) in [5, 5.41) is 13.0. The van der Waals surface area contributed by atoms with Crippen LogP contribution in [0, 0.1) is 5.82 Å². The molecule has 1 fully saturated rings. The highest BCUT2D eigenvalue weighted by molar-refractivity contribution is 7.08. The Bertz CT molecular complexity index is 1070. The van der Waals surface area contributed by atoms with Crippen LogP contribution >= 0.6 is 11.3 Å². The van der Waals surface area contributed by atoms with E-state index >= 15 is 0 Å². The lowest BCUT2D eigenvalue weighted by molar-refractivity contribution is 0.144. The zero-order valence-corrected chi connectivity index (χ0v) is 16.6. The lowest BCUT2D eigenvalue weighted by Gasteiger charge is -2.30. The van der Waals surface area contributed by atoms with Crippen molar-refractivity contribution in [2.75, 3.05) is 13.1 Å². The maximum absolute atomic E-state index is 13.1. The normalized spacial score (nSPS) is 17.6. The van der Waals surface area contributed by atoms with Gasteiger partial charge in [0.1, 0.15) is 5.82 Å². The van der Waals surface area contributed by atoms with Gasteiger partial charge >= 0.3 is 0 Å². The van der Waals surface area contributed by atoms with Crippen molar-refractivity contribution in [3.63, 3.8) is 0 Å². The zero-order valence-electron chi connectivity index (χ0n) is 15.7. The first kappa shape index (κ1) is 18.2. The van der Waals surface area contributed by atoms with E-state index in [1.807, 2.05) is 10.9 Å². The van der Waals surface area contributed by atoms with Gasteiger partial charge in [-0.25, -0.2) is 4.39 Å². The van der Waals surface area contributed by atoms with Gasteiger partial charge in [0.05, 0.1) is 18.3 Å². The predicted octanol–water partition coefficient (Wildman–Crippen LogP) is 4.64. The van der Waals surface area contributed by atoms with E-state index in [4.69, 9.17) is 9.62 Å². The van der Waals surface area contributed by atoms with Crippen molar-refractivity contribution in [1.29, 1.82) is 0 Å². The van der Waals surface area contributed by atoms with Gasteiger partial charge in [-0.2, -0.15) is 21.4 Å². The molecule has 1 aliphatic heterocycles. The third kappa shape index (κ3) is 3.99. The molecule has 3 aromatic heterocycles. The number of halogens is 1. The predicted molar refractivity (Wildman–Crippen MR) is 109 cm³/mol. The summed E-state index contributed by atoms with van der Waals surface area (Å²) in [7, 11) is 0. The minimum Gasteiger partial charge on any atom is -0.339 e. The molecule has 1 saturated heterocycles. The van der Waals surface area contributed by atoms with E-state index in [9.17, 15) is 4.39 Å². The van der Waals surface area contributed by atoms with Crippen molar-refractivity contribution >= 4 is 11.3 Å². The number of rotatable bonds is 5. The van der Waals surface area contributed by atoms with Crippen molar-refractivity contribution in [2.24, 2.45) is 0 Å². The first-order valence-corrected chi connectivity index (χ1v) is 10.6. The summed E-state index contributed by atoms with van der Waals surface area (Å²) in [6.45, 7) is 2.60. The Labute approximate surface area is 171 Å². The molecule has 8 heteroatoms. The molecule has 1 aliphatic rings. The largest absolute Gasteiger partial charge is 0.339 e. The summed E-state index contributed by atoms with van der Waals surface area (Å²) in [5.41, 5.74) is 2.91. The van der Waals surface area contributed by atoms with Gasteiger partial charge in [-0.05, 0) is 61.2 Å². The Balaban J connectivity index is 1.26. The zero-order chi connectivity index (χ0) is 19.6. The number of piperidine rings is 1. The fourth-order valence-corrected chi connectivity index (χ4v) is 4.36. The van der Waals surface area contributed by atoms with Crippen LogP contribution < -0.4 is 0 Å². The van der Waals surface area contributed by atoms with Crippen LogP contribution in [0.25, 0.3) is 22.6 Å². The Morgan fingerprint density at radius 3 is 2.86 bits per heavy atom. The molecule has 148 valence electrons. The van der Waals surface area contributed by atoms with Gasteiger partial charge in [-0.1, -0.05) is 5.16 Å². The van der Waals surface area contributed by atoms with Crippen LogP contribution in [-0.4, -0.2) is 37.9 Å². The third-order valence-corrected chi connectivity index (χ3v) is 5.88. The van der Waals surface area contributed by atoms with Crippen LogP contribution in [0.4, 0.5) is 4.39 Å². The number of hydrogen-bond acceptors (Lipinski definition) is 6. The van der Waals surface area contributed by atoms with Crippen molar-refractivity contribution in [2.45, 2.75) is 25.4 Å². The molecule has 0 bridgehead atoms. The maximum Gasteiger partial charge on any atom is 0.231 e. The monoisotopic (exact) mass is 409 g/mol. The molecule has 29 heavy (non-hydrogen) atoms. The maximum atomic E-state index is 13.1. The Hall–Kier alpha value is -2.84. The minimum absolute atomic E-state index is 0.192. The molecular formula is C21H20FN5OS. The third-order valence-electron chi connectivity index (χ3n) is 5.20. The molecule has 0 aliphatic carbocycles. The van der Waals surface area contributed by atoms with E-state index < -0.39 is 0 Å². The molecule has 6 nitrogen and oxygen atoms in total. The van der Waals surface area contributed by atoms with Crippen molar-refractivity contribution < 1.29 is 8.91 Å². The Morgan fingerprint density at radius 1 is 1.14 bits per heavy atom. The van der Waals surface area contributed by atoms with Crippen molar-refractivity contribution in [3.05, 3.63) is 65.1 Å². The van der Waals surface area contributed by atoms with Crippen LogP contribution in [0.1, 0.15) is 24.7 Å². The molecule has 1 aromatic carbocycles. The molecule has 5 rings (SSSR count). The van der Waals surface area contributed by atoms with Crippen molar-refractivity contribution in [3.8, 4) is 22.6 Å². The highest BCUT2D eigenvalue weighted by Crippen LogP contribution is 2.28. The lowest BCUT2D eigenvalue weighted by Crippen LogP contribution is -2.36. The fraction of sp³-hybridized carbons (Fsp3) is 0.286. The summed E-state index contributed by atoms with van der Waals surface area (Å²) in [5.74, 6) is 1.07. The number of thiophene rings is 1. The smallest absolute Gasteiger partial charge is 0.231 e. The van der Waals surface area contributed by atoms with E-state index in [0.29, 0.717) is 11.7 Å². The summed E-state index contributed by atoms with van der Waals surface area (Å²) < 4.78 is 20.6. The van der Waals surface area contributed by atoms with E-state index in [0.717, 1.165) is 49.4 Å². The van der Waals surface area contributed by atoms with Gasteiger partial charge in [0.15, 0.2) is 0 Å². The molecule has 0 N–H and O–H groups in total. The molecular weight excluding hydrogens is 389 g/mol. The van der Waals surface area contributed by atoms with Crippen molar-refractivity contribution in [1.82, 2.24) is 24.8 Å². The molecule has 0 amide bonds. The molecule has 4 heterocycles. The number of likely N-dealkylation sites (tertiary alicyclic amines) is 1. The summed E-state index contributed by atoms with van der Waals surface area (Å²) >= 11 is 1.68. The molecule has 4 aromatic rings. The van der Waals surface area contributed by atoms with Gasteiger partial charge in [-0.15, -0.1) is 0 Å². The molecule has 0 saturated carbocycles. The second-order valence-electron chi connectivity index (χ2n) is 7.27. The Kier molecular flexibility index (Phi) is 4.95. The van der Waals surface area contributed by atoms with Crippen LogP contribution in [0.15, 0.2) is 57.9 Å². The molecule has 0 spiro atoms. The van der Waals surface area contributed by atoms with Gasteiger partial charge in [-0.3, -0.25) is 9.58 Å². The van der Waals surface area contributed by atoms with Gasteiger partial charge in [0.2, 0.25) is 11.7 Å². The second kappa shape index (κ2) is 7.88. The molecule has 1 atom stereocenters. The fourth-order valence-electron chi connectivity index (χ4n) is 3.71. The van der Waals surface area contributed by atoms with E-state index in [-0.39, 0.29) is 11.7 Å². The van der Waals surface area contributed by atoms with Gasteiger partial charge in [0.25, 0.3) is 0 Å². The van der Waals surface area contributed by atoms with Gasteiger partial charge in [0, 0.05) is 29.2 Å². The summed E-state index contributed by atoms with van der Waals surface area (Å²) in [6, 6.07) is 10.3. The Morgan fingerprint density at radius 2 is 2.03 bits per heavy atom. The number of hydrogen-bond donors (Lipinski definition) is 0. The van der Waals surface area contributed by atoms with Crippen LogP contribution in [0.3, 0.4) is 0 Å². The number of benzene rings is 1. The quantitative estimate of drug-likeness (QED) is 0.481.